The van der Waals surface area contributed by atoms with Crippen LogP contribution >= 0.6 is 0 Å². The fraction of sp³-hybridized carbons (Fsp3) is 0.700. The molecule has 1 aromatic heterocycles. The first-order valence-electron chi connectivity index (χ1n) is 5.82. The van der Waals surface area contributed by atoms with Crippen molar-refractivity contribution in [1.29, 1.82) is 0 Å². The van der Waals surface area contributed by atoms with Crippen molar-refractivity contribution in [3.63, 3.8) is 0 Å². The van der Waals surface area contributed by atoms with Crippen LogP contribution in [0.15, 0.2) is 10.7 Å². The van der Waals surface area contributed by atoms with Gasteiger partial charge in [-0.25, -0.2) is 0 Å². The van der Waals surface area contributed by atoms with Gasteiger partial charge in [-0.3, -0.25) is 20.2 Å². The molecule has 8 nitrogen and oxygen atoms in total. The van der Waals surface area contributed by atoms with Crippen LogP contribution in [0, 0.1) is 20.2 Å². The van der Waals surface area contributed by atoms with Crippen LogP contribution in [0.3, 0.4) is 0 Å². The summed E-state index contributed by atoms with van der Waals surface area (Å²) in [6.07, 6.45) is 4.33. The Hall–Kier alpha value is -1.99. The van der Waals surface area contributed by atoms with Gasteiger partial charge in [0.2, 0.25) is 0 Å². The second-order valence-electron chi connectivity index (χ2n) is 4.41. The fourth-order valence-electron chi connectivity index (χ4n) is 2.36. The summed E-state index contributed by atoms with van der Waals surface area (Å²) in [4.78, 5) is 20.9. The molecule has 1 aliphatic carbocycles. The van der Waals surface area contributed by atoms with Crippen LogP contribution < -0.4 is 0 Å². The van der Waals surface area contributed by atoms with Crippen LogP contribution in [0.25, 0.3) is 0 Å². The second-order valence-corrected chi connectivity index (χ2v) is 4.41. The molecule has 2 rings (SSSR count). The normalized spacial score (nSPS) is 19.1. The first kappa shape index (κ1) is 12.5. The van der Waals surface area contributed by atoms with E-state index in [-0.39, 0.29) is 17.7 Å². The average molecular weight is 255 g/mol. The summed E-state index contributed by atoms with van der Waals surface area (Å²) in [6, 6.07) is 0. The molecule has 0 atom stereocenters. The van der Waals surface area contributed by atoms with E-state index in [9.17, 15) is 20.2 Å². The van der Waals surface area contributed by atoms with Crippen LogP contribution in [0.5, 0.6) is 0 Å². The number of rotatable bonds is 2. The molecule has 98 valence electrons. The van der Waals surface area contributed by atoms with E-state index in [1.165, 1.54) is 0 Å². The fourth-order valence-corrected chi connectivity index (χ4v) is 2.36. The monoisotopic (exact) mass is 255 g/mol. The van der Waals surface area contributed by atoms with Crippen LogP contribution in [0.4, 0.5) is 0 Å². The quantitative estimate of drug-likeness (QED) is 0.453. The minimum atomic E-state index is -2.31. The van der Waals surface area contributed by atoms with Crippen LogP contribution in [0.2, 0.25) is 0 Å². The van der Waals surface area contributed by atoms with Gasteiger partial charge < -0.3 is 4.52 Å². The number of hydrogen-bond donors (Lipinski definition) is 0. The second kappa shape index (κ2) is 4.71. The van der Waals surface area contributed by atoms with Gasteiger partial charge in [-0.2, -0.15) is 0 Å². The Bertz CT molecular complexity index is 456. The van der Waals surface area contributed by atoms with Gasteiger partial charge in [-0.15, -0.1) is 0 Å². The maximum Gasteiger partial charge on any atom is 0.489 e. The van der Waals surface area contributed by atoms with Crippen molar-refractivity contribution in [2.24, 2.45) is 0 Å². The minimum Gasteiger partial charge on any atom is -0.361 e. The molecular weight excluding hydrogens is 242 g/mol. The number of nitrogens with zero attached hydrogens (tertiary/aromatic N) is 3. The van der Waals surface area contributed by atoms with E-state index in [0.29, 0.717) is 12.8 Å². The molecule has 1 aromatic rings. The van der Waals surface area contributed by atoms with Crippen molar-refractivity contribution in [3.8, 4) is 0 Å². The zero-order chi connectivity index (χ0) is 13.2. The predicted molar refractivity (Wildman–Crippen MR) is 59.0 cm³/mol. The SMILES string of the molecule is O=[N+]([O-])C1([N+](=O)[O-])CCCCCCc2oncc21. The Morgan fingerprint density at radius 3 is 2.50 bits per heavy atom. The highest BCUT2D eigenvalue weighted by Crippen LogP contribution is 2.35. The molecule has 18 heavy (non-hydrogen) atoms. The van der Waals surface area contributed by atoms with E-state index in [4.69, 9.17) is 4.52 Å². The van der Waals surface area contributed by atoms with Gasteiger partial charge in [0.1, 0.15) is 9.85 Å². The van der Waals surface area contributed by atoms with Gasteiger partial charge in [-0.1, -0.05) is 18.0 Å². The minimum absolute atomic E-state index is 0.000556. The summed E-state index contributed by atoms with van der Waals surface area (Å²) >= 11 is 0. The molecule has 0 N–H and O–H groups in total. The molecule has 0 amide bonds. The van der Waals surface area contributed by atoms with E-state index < -0.39 is 15.5 Å². The maximum atomic E-state index is 11.3. The van der Waals surface area contributed by atoms with Crippen LogP contribution in [-0.2, 0) is 12.1 Å². The molecule has 0 aliphatic heterocycles. The zero-order valence-corrected chi connectivity index (χ0v) is 9.70. The first-order chi connectivity index (χ1) is 8.59. The zero-order valence-electron chi connectivity index (χ0n) is 9.70. The molecule has 0 unspecified atom stereocenters. The highest BCUT2D eigenvalue weighted by molar-refractivity contribution is 5.20. The Balaban J connectivity index is 2.56. The molecule has 1 heterocycles. The lowest BCUT2D eigenvalue weighted by Crippen LogP contribution is -2.43. The lowest BCUT2D eigenvalue weighted by atomic mass is 9.95. The molecule has 8 heteroatoms. The molecule has 0 aromatic carbocycles. The number of fused-ring (bicyclic) bond motifs is 1. The van der Waals surface area contributed by atoms with Gasteiger partial charge in [0.25, 0.3) is 0 Å². The Morgan fingerprint density at radius 2 is 1.83 bits per heavy atom. The predicted octanol–water partition coefficient (Wildman–Crippen LogP) is 1.89. The smallest absolute Gasteiger partial charge is 0.361 e. The topological polar surface area (TPSA) is 112 Å². The Morgan fingerprint density at radius 1 is 1.17 bits per heavy atom. The van der Waals surface area contributed by atoms with Crippen molar-refractivity contribution < 1.29 is 14.4 Å². The van der Waals surface area contributed by atoms with Crippen molar-refractivity contribution in [3.05, 3.63) is 37.7 Å². The number of hydrogen-bond acceptors (Lipinski definition) is 6. The van der Waals surface area contributed by atoms with Gasteiger partial charge >= 0.3 is 5.66 Å². The third-order valence-corrected chi connectivity index (χ3v) is 3.36. The van der Waals surface area contributed by atoms with E-state index >= 15 is 0 Å². The molecular formula is C10H13N3O5. The highest BCUT2D eigenvalue weighted by Gasteiger charge is 2.60. The van der Waals surface area contributed by atoms with E-state index in [1.807, 2.05) is 0 Å². The van der Waals surface area contributed by atoms with Crippen molar-refractivity contribution in [2.75, 3.05) is 0 Å². The summed E-state index contributed by atoms with van der Waals surface area (Å²) in [6.45, 7) is 0. The average Bonchev–Trinajstić information content (AvgIpc) is 2.76. The van der Waals surface area contributed by atoms with Crippen LogP contribution in [0.1, 0.15) is 43.4 Å². The van der Waals surface area contributed by atoms with Crippen molar-refractivity contribution >= 4 is 0 Å². The van der Waals surface area contributed by atoms with Gasteiger partial charge in [0.15, 0.2) is 11.3 Å². The molecule has 0 saturated heterocycles. The standard InChI is InChI=1S/C10H13N3O5/c14-12(15)10(13(16)17)6-4-2-1-3-5-9-8(10)7-11-18-9/h7H,1-6H2. The number of aromatic nitrogens is 1. The first-order valence-corrected chi connectivity index (χ1v) is 5.82. The maximum absolute atomic E-state index is 11.3. The van der Waals surface area contributed by atoms with Crippen molar-refractivity contribution in [2.45, 2.75) is 44.2 Å². The number of aryl methyl sites for hydroxylation is 1. The molecule has 0 fully saturated rings. The molecule has 0 saturated carbocycles. The summed E-state index contributed by atoms with van der Waals surface area (Å²) in [5.74, 6) is 0.269. The lowest BCUT2D eigenvalue weighted by Gasteiger charge is -2.15. The summed E-state index contributed by atoms with van der Waals surface area (Å²) in [5.41, 5.74) is -2.31. The highest BCUT2D eigenvalue weighted by atomic mass is 16.7. The molecule has 1 aliphatic rings. The Kier molecular flexibility index (Phi) is 3.26. The molecule has 0 radical (unpaired) electrons. The summed E-state index contributed by atoms with van der Waals surface area (Å²) < 4.78 is 4.94. The van der Waals surface area contributed by atoms with Crippen molar-refractivity contribution in [1.82, 2.24) is 5.16 Å². The summed E-state index contributed by atoms with van der Waals surface area (Å²) in [7, 11) is 0. The van der Waals surface area contributed by atoms with E-state index in [0.717, 1.165) is 25.5 Å². The third kappa shape index (κ3) is 1.83. The van der Waals surface area contributed by atoms with E-state index in [1.54, 1.807) is 0 Å². The lowest BCUT2D eigenvalue weighted by molar-refractivity contribution is -0.811. The van der Waals surface area contributed by atoms with Gasteiger partial charge in [0, 0.05) is 6.42 Å². The summed E-state index contributed by atoms with van der Waals surface area (Å²) in [5, 5.41) is 26.0. The number of nitro groups is 2. The molecule has 0 spiro atoms. The van der Waals surface area contributed by atoms with E-state index in [2.05, 4.69) is 5.16 Å². The van der Waals surface area contributed by atoms with Gasteiger partial charge in [-0.05, 0) is 12.8 Å². The third-order valence-electron chi connectivity index (χ3n) is 3.36. The largest absolute Gasteiger partial charge is 0.489 e. The molecule has 0 bridgehead atoms. The van der Waals surface area contributed by atoms with Crippen LogP contribution in [-0.4, -0.2) is 15.0 Å². The van der Waals surface area contributed by atoms with Gasteiger partial charge in [0.05, 0.1) is 12.6 Å². The Labute approximate surface area is 102 Å².